The maximum atomic E-state index is 5.27. The minimum Gasteiger partial charge on any atom is -0.383 e. The molecule has 2 aromatic rings. The fraction of sp³-hybridized carbons (Fsp3) is 0.333. The molecule has 1 N–H and O–H groups in total. The molecule has 0 aromatic heterocycles. The van der Waals surface area contributed by atoms with Crippen LogP contribution in [0.4, 0.5) is 5.69 Å². The lowest BCUT2D eigenvalue weighted by molar-refractivity contribution is 0.171. The molecule has 0 bridgehead atoms. The molecule has 2 aromatic carbocycles. The van der Waals surface area contributed by atoms with Gasteiger partial charge in [0.25, 0.3) is 0 Å². The largest absolute Gasteiger partial charge is 0.383 e. The van der Waals surface area contributed by atoms with Gasteiger partial charge >= 0.3 is 0 Å². The van der Waals surface area contributed by atoms with E-state index < -0.39 is 0 Å². The van der Waals surface area contributed by atoms with Gasteiger partial charge in [-0.3, -0.25) is 0 Å². The van der Waals surface area contributed by atoms with Crippen molar-refractivity contribution in [3.63, 3.8) is 0 Å². The molecule has 2 rings (SSSR count). The van der Waals surface area contributed by atoms with Crippen LogP contribution in [0.2, 0.25) is 0 Å². The van der Waals surface area contributed by atoms with Crippen molar-refractivity contribution >= 4 is 5.69 Å². The topological polar surface area (TPSA) is 21.3 Å². The maximum Gasteiger partial charge on any atom is 0.0666 e. The van der Waals surface area contributed by atoms with Crippen LogP contribution in [-0.4, -0.2) is 19.8 Å². The predicted molar refractivity (Wildman–Crippen MR) is 86.0 cm³/mol. The Morgan fingerprint density at radius 3 is 2.05 bits per heavy atom. The van der Waals surface area contributed by atoms with Gasteiger partial charge in [0.2, 0.25) is 0 Å². The molecule has 0 aliphatic rings. The van der Waals surface area contributed by atoms with Gasteiger partial charge in [0.1, 0.15) is 0 Å². The first-order chi connectivity index (χ1) is 9.70. The Kier molecular flexibility index (Phi) is 5.19. The molecule has 2 nitrogen and oxygen atoms in total. The van der Waals surface area contributed by atoms with Crippen molar-refractivity contribution in [1.29, 1.82) is 0 Å². The number of methoxy groups -OCH3 is 1. The van der Waals surface area contributed by atoms with Gasteiger partial charge in [0, 0.05) is 12.8 Å². The van der Waals surface area contributed by atoms with E-state index in [9.17, 15) is 0 Å². The summed E-state index contributed by atoms with van der Waals surface area (Å²) in [4.78, 5) is 0. The summed E-state index contributed by atoms with van der Waals surface area (Å²) in [5.74, 6) is 0.531. The molecule has 0 aliphatic carbocycles. The average molecular weight is 269 g/mol. The van der Waals surface area contributed by atoms with Gasteiger partial charge < -0.3 is 10.1 Å². The third-order valence-corrected chi connectivity index (χ3v) is 3.50. The molecule has 106 valence electrons. The monoisotopic (exact) mass is 269 g/mol. The molecular formula is C18H23NO. The van der Waals surface area contributed by atoms with Crippen molar-refractivity contribution in [3.8, 4) is 11.1 Å². The summed E-state index contributed by atoms with van der Waals surface area (Å²) in [5, 5.41) is 3.53. The second kappa shape index (κ2) is 7.11. The Bertz CT molecular complexity index is 505. The van der Waals surface area contributed by atoms with Crippen LogP contribution < -0.4 is 5.32 Å². The lowest BCUT2D eigenvalue weighted by Crippen LogP contribution is -2.30. The lowest BCUT2D eigenvalue weighted by Gasteiger charge is -2.22. The third-order valence-electron chi connectivity index (χ3n) is 3.50. The number of nitrogens with one attached hydrogen (secondary N) is 1. The Morgan fingerprint density at radius 1 is 0.900 bits per heavy atom. The van der Waals surface area contributed by atoms with Gasteiger partial charge in [-0.25, -0.2) is 0 Å². The van der Waals surface area contributed by atoms with Crippen molar-refractivity contribution in [3.05, 3.63) is 54.6 Å². The van der Waals surface area contributed by atoms with Gasteiger partial charge in [0.05, 0.1) is 12.6 Å². The van der Waals surface area contributed by atoms with E-state index in [0.29, 0.717) is 12.0 Å². The summed E-state index contributed by atoms with van der Waals surface area (Å²) in [5.41, 5.74) is 3.63. The minimum absolute atomic E-state index is 0.336. The van der Waals surface area contributed by atoms with Crippen molar-refractivity contribution in [1.82, 2.24) is 0 Å². The molecule has 0 amide bonds. The number of anilines is 1. The van der Waals surface area contributed by atoms with Crippen molar-refractivity contribution in [2.75, 3.05) is 19.0 Å². The zero-order chi connectivity index (χ0) is 14.4. The maximum absolute atomic E-state index is 5.27. The molecular weight excluding hydrogens is 246 g/mol. The van der Waals surface area contributed by atoms with E-state index in [1.807, 2.05) is 6.07 Å². The molecule has 0 radical (unpaired) electrons. The fourth-order valence-corrected chi connectivity index (χ4v) is 2.18. The van der Waals surface area contributed by atoms with Crippen LogP contribution in [0.15, 0.2) is 54.6 Å². The summed E-state index contributed by atoms with van der Waals surface area (Å²) in [6, 6.07) is 19.3. The summed E-state index contributed by atoms with van der Waals surface area (Å²) in [6.07, 6.45) is 0. The van der Waals surface area contributed by atoms with E-state index in [2.05, 4.69) is 67.7 Å². The van der Waals surface area contributed by atoms with Crippen molar-refractivity contribution < 1.29 is 4.74 Å². The number of hydrogen-bond acceptors (Lipinski definition) is 2. The molecule has 0 fully saturated rings. The highest BCUT2D eigenvalue weighted by Crippen LogP contribution is 2.22. The molecule has 1 unspecified atom stereocenters. The quantitative estimate of drug-likeness (QED) is 0.837. The van der Waals surface area contributed by atoms with Crippen LogP contribution in [0.1, 0.15) is 13.8 Å². The molecule has 0 saturated heterocycles. The van der Waals surface area contributed by atoms with Gasteiger partial charge in [-0.1, -0.05) is 56.3 Å². The van der Waals surface area contributed by atoms with Gasteiger partial charge in [-0.05, 0) is 29.2 Å². The summed E-state index contributed by atoms with van der Waals surface area (Å²) in [7, 11) is 1.75. The Morgan fingerprint density at radius 2 is 1.50 bits per heavy atom. The highest BCUT2D eigenvalue weighted by molar-refractivity contribution is 5.65. The predicted octanol–water partition coefficient (Wildman–Crippen LogP) is 4.44. The second-order valence-corrected chi connectivity index (χ2v) is 5.39. The van der Waals surface area contributed by atoms with Crippen LogP contribution >= 0.6 is 0 Å². The van der Waals surface area contributed by atoms with Gasteiger partial charge in [-0.15, -0.1) is 0 Å². The first-order valence-electron chi connectivity index (χ1n) is 7.11. The molecule has 20 heavy (non-hydrogen) atoms. The summed E-state index contributed by atoms with van der Waals surface area (Å²) >= 11 is 0. The zero-order valence-corrected chi connectivity index (χ0v) is 12.5. The minimum atomic E-state index is 0.336. The first-order valence-corrected chi connectivity index (χ1v) is 7.11. The summed E-state index contributed by atoms with van der Waals surface area (Å²) in [6.45, 7) is 5.13. The highest BCUT2D eigenvalue weighted by atomic mass is 16.5. The van der Waals surface area contributed by atoms with E-state index in [0.717, 1.165) is 12.3 Å². The number of rotatable bonds is 6. The number of hydrogen-bond donors (Lipinski definition) is 1. The van der Waals surface area contributed by atoms with Crippen LogP contribution in [0.3, 0.4) is 0 Å². The lowest BCUT2D eigenvalue weighted by atomic mass is 10.0. The van der Waals surface area contributed by atoms with Crippen LogP contribution in [0.5, 0.6) is 0 Å². The van der Waals surface area contributed by atoms with E-state index in [-0.39, 0.29) is 0 Å². The Balaban J connectivity index is 2.08. The first kappa shape index (κ1) is 14.6. The number of benzene rings is 2. The molecule has 0 saturated carbocycles. The van der Waals surface area contributed by atoms with Gasteiger partial charge in [-0.2, -0.15) is 0 Å². The van der Waals surface area contributed by atoms with E-state index in [1.54, 1.807) is 7.11 Å². The van der Waals surface area contributed by atoms with Crippen LogP contribution in [-0.2, 0) is 4.74 Å². The SMILES string of the molecule is COCC(Nc1ccc(-c2ccccc2)cc1)C(C)C. The second-order valence-electron chi connectivity index (χ2n) is 5.39. The normalized spacial score (nSPS) is 12.4. The standard InChI is InChI=1S/C18H23NO/c1-14(2)18(13-20-3)19-17-11-9-16(10-12-17)15-7-5-4-6-8-15/h4-12,14,18-19H,13H2,1-3H3. The molecule has 0 heterocycles. The van der Waals surface area contributed by atoms with E-state index in [4.69, 9.17) is 4.74 Å². The fourth-order valence-electron chi connectivity index (χ4n) is 2.18. The van der Waals surface area contributed by atoms with Crippen molar-refractivity contribution in [2.24, 2.45) is 5.92 Å². The molecule has 0 aliphatic heterocycles. The Labute approximate surface area is 121 Å². The third kappa shape index (κ3) is 3.84. The van der Waals surface area contributed by atoms with E-state index >= 15 is 0 Å². The molecule has 0 spiro atoms. The average Bonchev–Trinajstić information content (AvgIpc) is 2.48. The van der Waals surface area contributed by atoms with E-state index in [1.165, 1.54) is 11.1 Å². The number of ether oxygens (including phenoxy) is 1. The van der Waals surface area contributed by atoms with Crippen molar-refractivity contribution in [2.45, 2.75) is 19.9 Å². The zero-order valence-electron chi connectivity index (χ0n) is 12.5. The highest BCUT2D eigenvalue weighted by Gasteiger charge is 2.12. The Hall–Kier alpha value is -1.80. The molecule has 2 heteroatoms. The van der Waals surface area contributed by atoms with Gasteiger partial charge in [0.15, 0.2) is 0 Å². The summed E-state index contributed by atoms with van der Waals surface area (Å²) < 4.78 is 5.27. The van der Waals surface area contributed by atoms with Crippen LogP contribution in [0, 0.1) is 5.92 Å². The smallest absolute Gasteiger partial charge is 0.0666 e. The molecule has 1 atom stereocenters. The van der Waals surface area contributed by atoms with Crippen LogP contribution in [0.25, 0.3) is 11.1 Å².